The molecule has 1 atom stereocenters. The summed E-state index contributed by atoms with van der Waals surface area (Å²) in [4.78, 5) is 0. The maximum absolute atomic E-state index is 7.03. The van der Waals surface area contributed by atoms with Crippen molar-refractivity contribution in [1.29, 1.82) is 0 Å². The smallest absolute Gasteiger partial charge is 0.229 e. The highest BCUT2D eigenvalue weighted by molar-refractivity contribution is 4.27. The first-order valence-corrected chi connectivity index (χ1v) is 3.25. The fourth-order valence-corrected chi connectivity index (χ4v) is 0.424. The van der Waals surface area contributed by atoms with Crippen LogP contribution in [0.5, 0.6) is 0 Å². The minimum atomic E-state index is -0.782. The van der Waals surface area contributed by atoms with Crippen LogP contribution in [0.15, 0.2) is 0 Å². The van der Waals surface area contributed by atoms with Crippen LogP contribution in [0.1, 0.15) is 20.3 Å². The highest BCUT2D eigenvalue weighted by atomic mass is 16.7. The molecule has 0 aromatic heterocycles. The van der Waals surface area contributed by atoms with Gasteiger partial charge in [-0.2, -0.15) is 0 Å². The van der Waals surface area contributed by atoms with Crippen molar-refractivity contribution in [2.75, 3.05) is 13.2 Å². The molecule has 0 bridgehead atoms. The molecule has 55 valence electrons. The monoisotopic (exact) mass is 132 g/mol. The molecule has 0 saturated carbocycles. The molecule has 1 N–H and O–H groups in total. The molecule has 3 heteroatoms. The average Bonchev–Trinajstić information content (AvgIpc) is 1.85. The van der Waals surface area contributed by atoms with Crippen molar-refractivity contribution < 1.29 is 9.47 Å². The summed E-state index contributed by atoms with van der Waals surface area (Å²) in [5.41, 5.74) is 7.03. The Labute approximate surface area is 56.1 Å². The van der Waals surface area contributed by atoms with Gasteiger partial charge in [-0.05, 0) is 13.3 Å². The zero-order valence-electron chi connectivity index (χ0n) is 6.02. The first-order valence-electron chi connectivity index (χ1n) is 3.25. The van der Waals surface area contributed by atoms with E-state index in [1.54, 1.807) is 0 Å². The van der Waals surface area contributed by atoms with Crippen molar-refractivity contribution >= 4 is 0 Å². The summed E-state index contributed by atoms with van der Waals surface area (Å²) >= 11 is 0. The third-order valence-corrected chi connectivity index (χ3v) is 0.791. The summed E-state index contributed by atoms with van der Waals surface area (Å²) in [6.07, 6.45) is 0.151. The van der Waals surface area contributed by atoms with Crippen LogP contribution < -0.4 is 5.73 Å². The van der Waals surface area contributed by atoms with Gasteiger partial charge in [-0.3, -0.25) is 0 Å². The van der Waals surface area contributed by atoms with Crippen LogP contribution in [0.2, 0.25) is 0 Å². The Kier molecular flexibility index (Phi) is 5.93. The molecule has 0 aliphatic rings. The van der Waals surface area contributed by atoms with E-state index >= 15 is 0 Å². The summed E-state index contributed by atoms with van der Waals surface area (Å²) in [5.74, 6) is 0. The van der Waals surface area contributed by atoms with Crippen molar-refractivity contribution in [3.05, 3.63) is 0 Å². The van der Waals surface area contributed by atoms with E-state index in [4.69, 9.17) is 15.2 Å². The lowest BCUT2D eigenvalue weighted by molar-refractivity contribution is -0.139. The molecule has 0 aliphatic heterocycles. The van der Waals surface area contributed by atoms with Gasteiger partial charge in [0.25, 0.3) is 0 Å². The number of rotatable bonds is 5. The van der Waals surface area contributed by atoms with Crippen molar-refractivity contribution in [2.45, 2.75) is 26.7 Å². The van der Waals surface area contributed by atoms with Crippen LogP contribution in [-0.4, -0.2) is 19.6 Å². The van der Waals surface area contributed by atoms with Gasteiger partial charge in [0.1, 0.15) is 0 Å². The fourth-order valence-electron chi connectivity index (χ4n) is 0.424. The van der Waals surface area contributed by atoms with Gasteiger partial charge in [-0.25, -0.2) is 5.73 Å². The maximum Gasteiger partial charge on any atom is 0.229 e. The molecule has 0 amide bonds. The molecule has 0 heterocycles. The second-order valence-corrected chi connectivity index (χ2v) is 1.66. The molecule has 0 aromatic carbocycles. The number of ether oxygens (including phenoxy) is 2. The fraction of sp³-hybridized carbons (Fsp3) is 1.00. The summed E-state index contributed by atoms with van der Waals surface area (Å²) in [6, 6.07) is 0. The highest BCUT2D eigenvalue weighted by Gasteiger charge is 1.97. The molecule has 0 aliphatic carbocycles. The van der Waals surface area contributed by atoms with Gasteiger partial charge in [0, 0.05) is 6.61 Å². The van der Waals surface area contributed by atoms with E-state index in [-0.39, 0.29) is 0 Å². The van der Waals surface area contributed by atoms with E-state index in [1.807, 2.05) is 13.8 Å². The minimum Gasteiger partial charge on any atom is -0.339 e. The predicted octanol–water partition coefficient (Wildman–Crippen LogP) is 1.02. The maximum atomic E-state index is 7.03. The van der Waals surface area contributed by atoms with Gasteiger partial charge in [0.15, 0.2) is 0 Å². The highest BCUT2D eigenvalue weighted by Crippen LogP contribution is 1.89. The molecular weight excluding hydrogens is 118 g/mol. The van der Waals surface area contributed by atoms with Crippen LogP contribution >= 0.6 is 0 Å². The van der Waals surface area contributed by atoms with Crippen molar-refractivity contribution in [3.63, 3.8) is 0 Å². The first-order chi connectivity index (χ1) is 4.31. The van der Waals surface area contributed by atoms with Crippen molar-refractivity contribution in [1.82, 2.24) is 5.73 Å². The Bertz CT molecular complexity index is 59.0. The molecule has 0 aromatic rings. The Morgan fingerprint density at radius 2 is 2.00 bits per heavy atom. The van der Waals surface area contributed by atoms with Gasteiger partial charge in [-0.1, -0.05) is 6.92 Å². The van der Waals surface area contributed by atoms with E-state index in [2.05, 4.69) is 0 Å². The second kappa shape index (κ2) is 6.01. The Morgan fingerprint density at radius 1 is 1.33 bits per heavy atom. The number of nitrogens with one attached hydrogen (secondary N) is 1. The number of hydrogen-bond acceptors (Lipinski definition) is 2. The Balaban J connectivity index is 2.95. The molecule has 0 fully saturated rings. The average molecular weight is 132 g/mol. The summed E-state index contributed by atoms with van der Waals surface area (Å²) in [5, 5.41) is 0. The van der Waals surface area contributed by atoms with E-state index < -0.39 is 6.41 Å². The minimum absolute atomic E-state index is 0.540. The topological polar surface area (TPSA) is 42.3 Å². The Morgan fingerprint density at radius 3 is 2.44 bits per heavy atom. The molecule has 0 saturated heterocycles. The third kappa shape index (κ3) is 5.76. The summed E-state index contributed by atoms with van der Waals surface area (Å²) in [6.45, 7) is 4.99. The summed E-state index contributed by atoms with van der Waals surface area (Å²) in [7, 11) is 0. The quantitative estimate of drug-likeness (QED) is 0.524. The zero-order chi connectivity index (χ0) is 7.11. The lowest BCUT2D eigenvalue weighted by Gasteiger charge is -2.09. The lowest BCUT2D eigenvalue weighted by Crippen LogP contribution is -2.18. The largest absolute Gasteiger partial charge is 0.339 e. The predicted molar refractivity (Wildman–Crippen MR) is 34.8 cm³/mol. The SMILES string of the molecule is CCCOC([NH])OCC. The van der Waals surface area contributed by atoms with Crippen molar-refractivity contribution in [2.24, 2.45) is 0 Å². The Hall–Kier alpha value is -0.120. The van der Waals surface area contributed by atoms with E-state index in [0.717, 1.165) is 6.42 Å². The van der Waals surface area contributed by atoms with Gasteiger partial charge in [0.2, 0.25) is 6.41 Å². The molecule has 0 rings (SSSR count). The van der Waals surface area contributed by atoms with Crippen LogP contribution in [0.3, 0.4) is 0 Å². The van der Waals surface area contributed by atoms with E-state index in [1.165, 1.54) is 0 Å². The van der Waals surface area contributed by atoms with Gasteiger partial charge in [0.05, 0.1) is 6.61 Å². The zero-order valence-corrected chi connectivity index (χ0v) is 6.02. The number of hydrogen-bond donors (Lipinski definition) is 0. The van der Waals surface area contributed by atoms with E-state index in [0.29, 0.717) is 13.2 Å². The van der Waals surface area contributed by atoms with Crippen LogP contribution in [0.4, 0.5) is 0 Å². The molecule has 1 unspecified atom stereocenters. The molecule has 1 radical (unpaired) electrons. The van der Waals surface area contributed by atoms with E-state index in [9.17, 15) is 0 Å². The van der Waals surface area contributed by atoms with Crippen LogP contribution in [0, 0.1) is 0 Å². The standard InChI is InChI=1S/C6H14NO2/c1-3-5-9-6(7)8-4-2/h6-7H,3-5H2,1-2H3. The normalized spacial score (nSPS) is 13.7. The first kappa shape index (κ1) is 8.88. The van der Waals surface area contributed by atoms with Crippen molar-refractivity contribution in [3.8, 4) is 0 Å². The van der Waals surface area contributed by atoms with Gasteiger partial charge >= 0.3 is 0 Å². The molecule has 3 nitrogen and oxygen atoms in total. The second-order valence-electron chi connectivity index (χ2n) is 1.66. The molecule has 9 heavy (non-hydrogen) atoms. The van der Waals surface area contributed by atoms with Crippen LogP contribution in [-0.2, 0) is 9.47 Å². The summed E-state index contributed by atoms with van der Waals surface area (Å²) < 4.78 is 9.66. The third-order valence-electron chi connectivity index (χ3n) is 0.791. The van der Waals surface area contributed by atoms with Gasteiger partial charge < -0.3 is 9.47 Å². The van der Waals surface area contributed by atoms with Crippen LogP contribution in [0.25, 0.3) is 0 Å². The molecular formula is C6H14NO2. The van der Waals surface area contributed by atoms with Gasteiger partial charge in [-0.15, -0.1) is 0 Å². The molecule has 0 spiro atoms. The lowest BCUT2D eigenvalue weighted by atomic mass is 10.5.